The van der Waals surface area contributed by atoms with E-state index in [0.717, 1.165) is 37.9 Å². The van der Waals surface area contributed by atoms with Gasteiger partial charge < -0.3 is 14.7 Å². The fraction of sp³-hybridized carbons (Fsp3) is 0.545. The number of benzene rings is 1. The summed E-state index contributed by atoms with van der Waals surface area (Å²) in [5.41, 5.74) is 0.938. The molecule has 0 N–H and O–H groups in total. The number of amides is 2. The SMILES string of the molecule is CN(C)CC(=O)N1CCC([C@@H]2CC=CCN(Cc3ccc(F)cc3)C2=O)CC1. The van der Waals surface area contributed by atoms with Gasteiger partial charge in [-0.1, -0.05) is 24.3 Å². The van der Waals surface area contributed by atoms with E-state index < -0.39 is 0 Å². The molecular weight excluding hydrogens is 357 g/mol. The first kappa shape index (κ1) is 20.5. The van der Waals surface area contributed by atoms with Crippen molar-refractivity contribution in [2.75, 3.05) is 40.3 Å². The van der Waals surface area contributed by atoms with E-state index in [4.69, 9.17) is 0 Å². The van der Waals surface area contributed by atoms with Crippen LogP contribution in [0.25, 0.3) is 0 Å². The van der Waals surface area contributed by atoms with Crippen LogP contribution >= 0.6 is 0 Å². The highest BCUT2D eigenvalue weighted by molar-refractivity contribution is 5.80. The molecule has 5 nitrogen and oxygen atoms in total. The predicted octanol–water partition coefficient (Wildman–Crippen LogP) is 2.53. The molecule has 1 aromatic carbocycles. The van der Waals surface area contributed by atoms with E-state index in [1.165, 1.54) is 12.1 Å². The zero-order valence-electron chi connectivity index (χ0n) is 16.8. The van der Waals surface area contributed by atoms with E-state index >= 15 is 0 Å². The quantitative estimate of drug-likeness (QED) is 0.730. The number of rotatable bonds is 5. The first-order valence-corrected chi connectivity index (χ1v) is 10.0. The van der Waals surface area contributed by atoms with Crippen LogP contribution in [0.4, 0.5) is 4.39 Å². The van der Waals surface area contributed by atoms with Crippen molar-refractivity contribution >= 4 is 11.8 Å². The van der Waals surface area contributed by atoms with Crippen molar-refractivity contribution in [1.82, 2.24) is 14.7 Å². The average Bonchev–Trinajstić information content (AvgIpc) is 2.85. The minimum Gasteiger partial charge on any atom is -0.342 e. The number of nitrogens with zero attached hydrogens (tertiary/aromatic N) is 3. The Bertz CT molecular complexity index is 709. The normalized spacial score (nSPS) is 21.3. The Morgan fingerprint density at radius 1 is 1.14 bits per heavy atom. The van der Waals surface area contributed by atoms with Gasteiger partial charge in [-0.15, -0.1) is 0 Å². The van der Waals surface area contributed by atoms with Gasteiger partial charge in [0, 0.05) is 32.1 Å². The standard InChI is InChI=1S/C22H30FN3O2/c1-24(2)16-21(27)25-13-10-18(11-14-25)20-5-3-4-12-26(22(20)28)15-17-6-8-19(23)9-7-17/h3-4,6-9,18,20H,5,10-16H2,1-2H3/t20-/m0/s1. The summed E-state index contributed by atoms with van der Waals surface area (Å²) in [5, 5.41) is 0. The summed E-state index contributed by atoms with van der Waals surface area (Å²) in [4.78, 5) is 31.1. The van der Waals surface area contributed by atoms with Crippen molar-refractivity contribution in [3.63, 3.8) is 0 Å². The van der Waals surface area contributed by atoms with Crippen molar-refractivity contribution in [2.24, 2.45) is 11.8 Å². The number of hydrogen-bond acceptors (Lipinski definition) is 3. The lowest BCUT2D eigenvalue weighted by Crippen LogP contribution is -2.46. The second kappa shape index (κ2) is 9.32. The van der Waals surface area contributed by atoms with E-state index in [1.807, 2.05) is 28.8 Å². The third-order valence-electron chi connectivity index (χ3n) is 5.71. The van der Waals surface area contributed by atoms with Crippen LogP contribution < -0.4 is 0 Å². The van der Waals surface area contributed by atoms with Crippen LogP contribution in [0.5, 0.6) is 0 Å². The van der Waals surface area contributed by atoms with Gasteiger partial charge in [-0.25, -0.2) is 4.39 Å². The lowest BCUT2D eigenvalue weighted by molar-refractivity contribution is -0.138. The van der Waals surface area contributed by atoms with Gasteiger partial charge in [0.2, 0.25) is 11.8 Å². The van der Waals surface area contributed by atoms with E-state index in [0.29, 0.717) is 25.6 Å². The maximum absolute atomic E-state index is 13.2. The van der Waals surface area contributed by atoms with Crippen molar-refractivity contribution in [1.29, 1.82) is 0 Å². The number of allylic oxidation sites excluding steroid dienone is 1. The Labute approximate surface area is 166 Å². The summed E-state index contributed by atoms with van der Waals surface area (Å²) in [5.74, 6) is 0.333. The highest BCUT2D eigenvalue weighted by atomic mass is 19.1. The Morgan fingerprint density at radius 2 is 1.82 bits per heavy atom. The van der Waals surface area contributed by atoms with Gasteiger partial charge in [-0.3, -0.25) is 9.59 Å². The summed E-state index contributed by atoms with van der Waals surface area (Å²) in [7, 11) is 3.80. The van der Waals surface area contributed by atoms with E-state index in [-0.39, 0.29) is 23.5 Å². The number of carbonyl (C=O) groups excluding carboxylic acids is 2. The molecule has 0 spiro atoms. The van der Waals surface area contributed by atoms with Crippen LogP contribution in [0.15, 0.2) is 36.4 Å². The van der Waals surface area contributed by atoms with Crippen molar-refractivity contribution < 1.29 is 14.0 Å². The Balaban J connectivity index is 1.60. The van der Waals surface area contributed by atoms with Gasteiger partial charge >= 0.3 is 0 Å². The first-order chi connectivity index (χ1) is 13.4. The number of likely N-dealkylation sites (tertiary alicyclic amines) is 1. The topological polar surface area (TPSA) is 43.9 Å². The van der Waals surface area contributed by atoms with Gasteiger partial charge in [-0.05, 0) is 57.0 Å². The summed E-state index contributed by atoms with van der Waals surface area (Å²) < 4.78 is 13.1. The molecule has 0 aromatic heterocycles. The summed E-state index contributed by atoms with van der Waals surface area (Å²) >= 11 is 0. The van der Waals surface area contributed by atoms with Crippen LogP contribution in [-0.2, 0) is 16.1 Å². The molecule has 0 aliphatic carbocycles. The molecule has 152 valence electrons. The third kappa shape index (κ3) is 5.19. The molecule has 28 heavy (non-hydrogen) atoms. The van der Waals surface area contributed by atoms with Crippen LogP contribution in [0.1, 0.15) is 24.8 Å². The van der Waals surface area contributed by atoms with Crippen molar-refractivity contribution in [2.45, 2.75) is 25.8 Å². The molecule has 0 unspecified atom stereocenters. The molecule has 6 heteroatoms. The Morgan fingerprint density at radius 3 is 2.46 bits per heavy atom. The smallest absolute Gasteiger partial charge is 0.236 e. The summed E-state index contributed by atoms with van der Waals surface area (Å²) in [6, 6.07) is 6.35. The number of piperidine rings is 1. The van der Waals surface area contributed by atoms with Crippen LogP contribution in [0.3, 0.4) is 0 Å². The van der Waals surface area contributed by atoms with Gasteiger partial charge in [0.1, 0.15) is 5.82 Å². The van der Waals surface area contributed by atoms with Gasteiger partial charge in [0.25, 0.3) is 0 Å². The van der Waals surface area contributed by atoms with E-state index in [9.17, 15) is 14.0 Å². The number of likely N-dealkylation sites (N-methyl/N-ethyl adjacent to an activating group) is 1. The molecule has 3 rings (SSSR count). The fourth-order valence-electron chi connectivity index (χ4n) is 4.14. The highest BCUT2D eigenvalue weighted by Crippen LogP contribution is 2.31. The van der Waals surface area contributed by atoms with E-state index in [1.54, 1.807) is 12.1 Å². The molecule has 2 heterocycles. The minimum absolute atomic E-state index is 0.0368. The zero-order chi connectivity index (χ0) is 20.1. The first-order valence-electron chi connectivity index (χ1n) is 10.0. The monoisotopic (exact) mass is 387 g/mol. The molecule has 1 aromatic rings. The number of hydrogen-bond donors (Lipinski definition) is 0. The maximum Gasteiger partial charge on any atom is 0.236 e. The average molecular weight is 387 g/mol. The summed E-state index contributed by atoms with van der Waals surface area (Å²) in [6.45, 7) is 2.97. The molecule has 0 saturated carbocycles. The molecular formula is C22H30FN3O2. The molecule has 0 radical (unpaired) electrons. The van der Waals surface area contributed by atoms with Crippen LogP contribution in [-0.4, -0.2) is 66.8 Å². The minimum atomic E-state index is -0.265. The molecule has 1 fully saturated rings. The molecule has 2 amide bonds. The summed E-state index contributed by atoms with van der Waals surface area (Å²) in [6.07, 6.45) is 6.66. The number of halogens is 1. The molecule has 2 aliphatic rings. The fourth-order valence-corrected chi connectivity index (χ4v) is 4.14. The second-order valence-electron chi connectivity index (χ2n) is 8.11. The lowest BCUT2D eigenvalue weighted by Gasteiger charge is -2.37. The number of carbonyl (C=O) groups is 2. The zero-order valence-corrected chi connectivity index (χ0v) is 16.8. The molecule has 0 bridgehead atoms. The van der Waals surface area contributed by atoms with Crippen LogP contribution in [0, 0.1) is 17.7 Å². The molecule has 2 aliphatic heterocycles. The largest absolute Gasteiger partial charge is 0.342 e. The Hall–Kier alpha value is -2.21. The van der Waals surface area contributed by atoms with Crippen molar-refractivity contribution in [3.05, 3.63) is 47.8 Å². The van der Waals surface area contributed by atoms with Crippen molar-refractivity contribution in [3.8, 4) is 0 Å². The van der Waals surface area contributed by atoms with E-state index in [2.05, 4.69) is 12.2 Å². The van der Waals surface area contributed by atoms with Crippen LogP contribution in [0.2, 0.25) is 0 Å². The van der Waals surface area contributed by atoms with Gasteiger partial charge in [0.15, 0.2) is 0 Å². The van der Waals surface area contributed by atoms with Gasteiger partial charge in [0.05, 0.1) is 6.54 Å². The Kier molecular flexibility index (Phi) is 6.83. The second-order valence-corrected chi connectivity index (χ2v) is 8.11. The maximum atomic E-state index is 13.2. The van der Waals surface area contributed by atoms with Gasteiger partial charge in [-0.2, -0.15) is 0 Å². The highest BCUT2D eigenvalue weighted by Gasteiger charge is 2.34. The predicted molar refractivity (Wildman–Crippen MR) is 107 cm³/mol. The lowest BCUT2D eigenvalue weighted by atomic mass is 9.81. The third-order valence-corrected chi connectivity index (χ3v) is 5.71. The molecule has 1 atom stereocenters. The molecule has 1 saturated heterocycles.